The number of anilines is 1. The average molecular weight is 331 g/mol. The summed E-state index contributed by atoms with van der Waals surface area (Å²) in [6.45, 7) is 2.01. The molecule has 0 radical (unpaired) electrons. The van der Waals surface area contributed by atoms with Crippen LogP contribution < -0.4 is 10.6 Å². The van der Waals surface area contributed by atoms with Crippen LogP contribution in [0.2, 0.25) is 5.02 Å². The van der Waals surface area contributed by atoms with E-state index in [0.717, 1.165) is 5.56 Å². The van der Waals surface area contributed by atoms with E-state index in [2.05, 4.69) is 10.6 Å². The smallest absolute Gasteiger partial charge is 0.250 e. The highest BCUT2D eigenvalue weighted by molar-refractivity contribution is 7.80. The molecular formula is C17H15ClN2OS. The number of halogens is 1. The summed E-state index contributed by atoms with van der Waals surface area (Å²) in [6.07, 6.45) is 3.16. The molecule has 3 nitrogen and oxygen atoms in total. The van der Waals surface area contributed by atoms with Gasteiger partial charge in [-0.1, -0.05) is 53.6 Å². The maximum Gasteiger partial charge on any atom is 0.250 e. The van der Waals surface area contributed by atoms with Crippen LogP contribution in [0.25, 0.3) is 6.08 Å². The van der Waals surface area contributed by atoms with Crippen LogP contribution in [0.5, 0.6) is 0 Å². The number of benzene rings is 2. The normalized spacial score (nSPS) is 10.5. The van der Waals surface area contributed by atoms with E-state index >= 15 is 0 Å². The summed E-state index contributed by atoms with van der Waals surface area (Å²) in [7, 11) is 0. The molecule has 2 aromatic rings. The summed E-state index contributed by atoms with van der Waals surface area (Å²) in [5.74, 6) is -0.301. The summed E-state index contributed by atoms with van der Waals surface area (Å²) in [5.41, 5.74) is 2.77. The lowest BCUT2D eigenvalue weighted by molar-refractivity contribution is -0.115. The number of carbonyl (C=O) groups is 1. The standard InChI is InChI=1S/C17H15ClN2OS/c1-12-6-8-13(9-7-12)10-11-16(21)20-17(22)19-15-5-3-2-4-14(15)18/h2-11H,1H3,(H2,19,20,21,22)/b11-10+. The van der Waals surface area contributed by atoms with E-state index in [1.54, 1.807) is 18.2 Å². The van der Waals surface area contributed by atoms with Crippen molar-refractivity contribution in [2.45, 2.75) is 6.92 Å². The number of amides is 1. The Morgan fingerprint density at radius 2 is 1.82 bits per heavy atom. The van der Waals surface area contributed by atoms with Crippen molar-refractivity contribution in [1.82, 2.24) is 5.32 Å². The van der Waals surface area contributed by atoms with Crippen molar-refractivity contribution in [2.75, 3.05) is 5.32 Å². The van der Waals surface area contributed by atoms with Gasteiger partial charge in [-0.05, 0) is 42.9 Å². The van der Waals surface area contributed by atoms with Crippen LogP contribution in [0, 0.1) is 6.92 Å². The van der Waals surface area contributed by atoms with Gasteiger partial charge in [0.2, 0.25) is 5.91 Å². The van der Waals surface area contributed by atoms with E-state index in [1.165, 1.54) is 11.6 Å². The number of rotatable bonds is 3. The molecule has 0 aliphatic carbocycles. The topological polar surface area (TPSA) is 41.1 Å². The summed E-state index contributed by atoms with van der Waals surface area (Å²) >= 11 is 11.1. The van der Waals surface area contributed by atoms with Gasteiger partial charge >= 0.3 is 0 Å². The van der Waals surface area contributed by atoms with Crippen LogP contribution in [0.4, 0.5) is 5.69 Å². The third-order valence-corrected chi connectivity index (χ3v) is 3.40. The van der Waals surface area contributed by atoms with Crippen LogP contribution in [0.1, 0.15) is 11.1 Å². The molecule has 0 spiro atoms. The fourth-order valence-corrected chi connectivity index (χ4v) is 2.11. The number of nitrogens with one attached hydrogen (secondary N) is 2. The number of thiocarbonyl (C=S) groups is 1. The second-order valence-corrected chi connectivity index (χ2v) is 5.48. The Kier molecular flexibility index (Phi) is 5.69. The van der Waals surface area contributed by atoms with Gasteiger partial charge in [-0.2, -0.15) is 0 Å². The van der Waals surface area contributed by atoms with Gasteiger partial charge in [0.25, 0.3) is 0 Å². The van der Waals surface area contributed by atoms with Crippen molar-refractivity contribution in [3.63, 3.8) is 0 Å². The van der Waals surface area contributed by atoms with E-state index in [-0.39, 0.29) is 11.0 Å². The Balaban J connectivity index is 1.90. The van der Waals surface area contributed by atoms with E-state index in [9.17, 15) is 4.79 Å². The lowest BCUT2D eigenvalue weighted by atomic mass is 10.1. The molecule has 0 atom stereocenters. The Morgan fingerprint density at radius 3 is 2.50 bits per heavy atom. The predicted octanol–water partition coefficient (Wildman–Crippen LogP) is 4.17. The zero-order valence-electron chi connectivity index (χ0n) is 12.0. The Hall–Kier alpha value is -2.17. The third kappa shape index (κ3) is 4.98. The molecule has 0 saturated heterocycles. The van der Waals surface area contributed by atoms with Gasteiger partial charge in [0.1, 0.15) is 0 Å². The molecule has 0 bridgehead atoms. The molecule has 2 N–H and O–H groups in total. The summed E-state index contributed by atoms with van der Waals surface area (Å²) in [4.78, 5) is 11.8. The molecule has 22 heavy (non-hydrogen) atoms. The van der Waals surface area contributed by atoms with E-state index in [0.29, 0.717) is 10.7 Å². The highest BCUT2D eigenvalue weighted by atomic mass is 35.5. The second kappa shape index (κ2) is 7.73. The quantitative estimate of drug-likeness (QED) is 0.655. The Labute approximate surface area is 140 Å². The van der Waals surface area contributed by atoms with Crippen molar-refractivity contribution in [1.29, 1.82) is 0 Å². The molecule has 0 aromatic heterocycles. The van der Waals surface area contributed by atoms with Crippen LogP contribution in [-0.4, -0.2) is 11.0 Å². The van der Waals surface area contributed by atoms with E-state index in [4.69, 9.17) is 23.8 Å². The number of hydrogen-bond donors (Lipinski definition) is 2. The molecule has 1 amide bonds. The molecule has 112 valence electrons. The van der Waals surface area contributed by atoms with Crippen LogP contribution >= 0.6 is 23.8 Å². The molecule has 0 unspecified atom stereocenters. The maximum atomic E-state index is 11.8. The monoisotopic (exact) mass is 330 g/mol. The van der Waals surface area contributed by atoms with Gasteiger partial charge in [0.05, 0.1) is 10.7 Å². The van der Waals surface area contributed by atoms with E-state index < -0.39 is 0 Å². The first-order valence-corrected chi connectivity index (χ1v) is 7.44. The minimum atomic E-state index is -0.301. The lowest BCUT2D eigenvalue weighted by Gasteiger charge is -2.09. The van der Waals surface area contributed by atoms with E-state index in [1.807, 2.05) is 43.3 Å². The van der Waals surface area contributed by atoms with Crippen molar-refractivity contribution < 1.29 is 4.79 Å². The molecule has 2 rings (SSSR count). The van der Waals surface area contributed by atoms with Gasteiger partial charge in [-0.25, -0.2) is 0 Å². The Bertz CT molecular complexity index is 711. The van der Waals surface area contributed by atoms with Crippen LogP contribution in [0.3, 0.4) is 0 Å². The van der Waals surface area contributed by atoms with Gasteiger partial charge in [-0.15, -0.1) is 0 Å². The highest BCUT2D eigenvalue weighted by Crippen LogP contribution is 2.20. The first-order valence-electron chi connectivity index (χ1n) is 6.66. The average Bonchev–Trinajstić information content (AvgIpc) is 2.49. The molecule has 5 heteroatoms. The molecule has 0 saturated carbocycles. The SMILES string of the molecule is Cc1ccc(/C=C/C(=O)NC(=S)Nc2ccccc2Cl)cc1. The summed E-state index contributed by atoms with van der Waals surface area (Å²) in [5, 5.41) is 6.19. The Morgan fingerprint density at radius 1 is 1.14 bits per heavy atom. The third-order valence-electron chi connectivity index (χ3n) is 2.86. The summed E-state index contributed by atoms with van der Waals surface area (Å²) in [6, 6.07) is 15.0. The van der Waals surface area contributed by atoms with Crippen LogP contribution in [-0.2, 0) is 4.79 Å². The van der Waals surface area contributed by atoms with Crippen LogP contribution in [0.15, 0.2) is 54.6 Å². The first-order chi connectivity index (χ1) is 10.5. The zero-order chi connectivity index (χ0) is 15.9. The minimum Gasteiger partial charge on any atom is -0.331 e. The molecule has 0 aliphatic heterocycles. The molecule has 0 aliphatic rings. The number of carbonyl (C=O) groups excluding carboxylic acids is 1. The maximum absolute atomic E-state index is 11.8. The van der Waals surface area contributed by atoms with Gasteiger partial charge < -0.3 is 5.32 Å². The lowest BCUT2D eigenvalue weighted by Crippen LogP contribution is -2.32. The van der Waals surface area contributed by atoms with Crippen molar-refractivity contribution in [3.05, 3.63) is 70.8 Å². The van der Waals surface area contributed by atoms with Gasteiger partial charge in [0.15, 0.2) is 5.11 Å². The van der Waals surface area contributed by atoms with Crippen molar-refractivity contribution >= 4 is 46.6 Å². The highest BCUT2D eigenvalue weighted by Gasteiger charge is 2.04. The zero-order valence-corrected chi connectivity index (χ0v) is 13.5. The van der Waals surface area contributed by atoms with Crippen molar-refractivity contribution in [2.24, 2.45) is 0 Å². The molecular weight excluding hydrogens is 316 g/mol. The van der Waals surface area contributed by atoms with Gasteiger partial charge in [-0.3, -0.25) is 10.1 Å². The fraction of sp³-hybridized carbons (Fsp3) is 0.0588. The molecule has 0 heterocycles. The summed E-state index contributed by atoms with van der Waals surface area (Å²) < 4.78 is 0. The number of hydrogen-bond acceptors (Lipinski definition) is 2. The number of para-hydroxylation sites is 1. The predicted molar refractivity (Wildman–Crippen MR) is 96.0 cm³/mol. The first kappa shape index (κ1) is 16.2. The largest absolute Gasteiger partial charge is 0.331 e. The molecule has 2 aromatic carbocycles. The number of aryl methyl sites for hydroxylation is 1. The fourth-order valence-electron chi connectivity index (χ4n) is 1.72. The minimum absolute atomic E-state index is 0.201. The second-order valence-electron chi connectivity index (χ2n) is 4.67. The van der Waals surface area contributed by atoms with Gasteiger partial charge in [0, 0.05) is 6.08 Å². The molecule has 0 fully saturated rings. The van der Waals surface area contributed by atoms with Crippen molar-refractivity contribution in [3.8, 4) is 0 Å².